The molecule has 1 rings (SSSR count). The molecule has 6 nitrogen and oxygen atoms in total. The predicted molar refractivity (Wildman–Crippen MR) is 68.8 cm³/mol. The van der Waals surface area contributed by atoms with E-state index in [9.17, 15) is 17.9 Å². The Morgan fingerprint density at radius 2 is 2.20 bits per heavy atom. The summed E-state index contributed by atoms with van der Waals surface area (Å²) in [6, 6.07) is 4.54. The van der Waals surface area contributed by atoms with Crippen LogP contribution < -0.4 is 0 Å². The molecule has 0 fully saturated rings. The second-order valence-corrected chi connectivity index (χ2v) is 6.19. The van der Waals surface area contributed by atoms with Crippen molar-refractivity contribution in [2.75, 3.05) is 27.3 Å². The van der Waals surface area contributed by atoms with E-state index in [0.717, 1.165) is 22.5 Å². The molecule has 8 heteroatoms. The number of nitriles is 1. The molecule has 110 valence electrons. The van der Waals surface area contributed by atoms with E-state index in [1.807, 2.05) is 0 Å². The number of ether oxygens (including phenoxy) is 1. The largest absolute Gasteiger partial charge is 0.389 e. The van der Waals surface area contributed by atoms with E-state index in [1.165, 1.54) is 14.2 Å². The van der Waals surface area contributed by atoms with Gasteiger partial charge in [-0.3, -0.25) is 0 Å². The van der Waals surface area contributed by atoms with E-state index in [4.69, 9.17) is 10.00 Å². The first-order chi connectivity index (χ1) is 9.32. The first kappa shape index (κ1) is 16.5. The first-order valence-corrected chi connectivity index (χ1v) is 7.10. The van der Waals surface area contributed by atoms with Crippen LogP contribution in [0.1, 0.15) is 5.56 Å². The molecule has 0 aromatic heterocycles. The van der Waals surface area contributed by atoms with Crippen LogP contribution in [0.4, 0.5) is 4.39 Å². The highest BCUT2D eigenvalue weighted by molar-refractivity contribution is 7.89. The van der Waals surface area contributed by atoms with Gasteiger partial charge in [0.2, 0.25) is 10.0 Å². The molecule has 20 heavy (non-hydrogen) atoms. The number of aliphatic hydroxyl groups is 1. The number of likely N-dealkylation sites (N-methyl/N-ethyl adjacent to an activating group) is 1. The number of rotatable bonds is 6. The normalized spacial score (nSPS) is 13.2. The minimum absolute atomic E-state index is 0.00722. The van der Waals surface area contributed by atoms with E-state index < -0.39 is 21.9 Å². The van der Waals surface area contributed by atoms with Gasteiger partial charge >= 0.3 is 0 Å². The Kier molecular flexibility index (Phi) is 5.59. The summed E-state index contributed by atoms with van der Waals surface area (Å²) in [6.07, 6.45) is -0.976. The average Bonchev–Trinajstić information content (AvgIpc) is 2.39. The molecular weight excluding hydrogens is 287 g/mol. The lowest BCUT2D eigenvalue weighted by Gasteiger charge is -2.20. The summed E-state index contributed by atoms with van der Waals surface area (Å²) >= 11 is 0. The van der Waals surface area contributed by atoms with Crippen LogP contribution in [0.2, 0.25) is 0 Å². The summed E-state index contributed by atoms with van der Waals surface area (Å²) in [5, 5.41) is 18.2. The first-order valence-electron chi connectivity index (χ1n) is 5.66. The fourth-order valence-corrected chi connectivity index (χ4v) is 2.81. The van der Waals surface area contributed by atoms with Gasteiger partial charge in [-0.15, -0.1) is 0 Å². The van der Waals surface area contributed by atoms with Crippen LogP contribution in [-0.4, -0.2) is 51.2 Å². The van der Waals surface area contributed by atoms with Gasteiger partial charge in [0.25, 0.3) is 0 Å². The Hall–Kier alpha value is -1.53. The summed E-state index contributed by atoms with van der Waals surface area (Å²) in [6.45, 7) is -0.178. The molecule has 0 saturated heterocycles. The van der Waals surface area contributed by atoms with Gasteiger partial charge in [0.05, 0.1) is 23.2 Å². The topological polar surface area (TPSA) is 90.6 Å². The number of sulfonamides is 1. The van der Waals surface area contributed by atoms with Crippen molar-refractivity contribution in [3.63, 3.8) is 0 Å². The van der Waals surface area contributed by atoms with Gasteiger partial charge in [-0.1, -0.05) is 0 Å². The predicted octanol–water partition coefficient (Wildman–Crippen LogP) is 0.325. The summed E-state index contributed by atoms with van der Waals surface area (Å²) in [5.74, 6) is -0.784. The van der Waals surface area contributed by atoms with Gasteiger partial charge in [-0.05, 0) is 18.2 Å². The van der Waals surface area contributed by atoms with E-state index in [2.05, 4.69) is 0 Å². The van der Waals surface area contributed by atoms with Crippen LogP contribution in [-0.2, 0) is 14.8 Å². The van der Waals surface area contributed by atoms with E-state index >= 15 is 0 Å². The number of hydrogen-bond acceptors (Lipinski definition) is 5. The Morgan fingerprint density at radius 1 is 1.55 bits per heavy atom. The Labute approximate surface area is 117 Å². The van der Waals surface area contributed by atoms with Crippen LogP contribution in [0.15, 0.2) is 23.1 Å². The van der Waals surface area contributed by atoms with Crippen LogP contribution in [0.3, 0.4) is 0 Å². The molecule has 0 saturated carbocycles. The lowest BCUT2D eigenvalue weighted by Crippen LogP contribution is -2.36. The molecule has 0 aliphatic heterocycles. The van der Waals surface area contributed by atoms with Crippen molar-refractivity contribution in [2.24, 2.45) is 0 Å². The molecule has 0 heterocycles. The Morgan fingerprint density at radius 3 is 2.75 bits per heavy atom. The van der Waals surface area contributed by atoms with Gasteiger partial charge < -0.3 is 9.84 Å². The zero-order valence-electron chi connectivity index (χ0n) is 11.1. The second-order valence-electron chi connectivity index (χ2n) is 4.15. The number of aliphatic hydroxyl groups excluding tert-OH is 1. The van der Waals surface area contributed by atoms with Crippen molar-refractivity contribution in [2.45, 2.75) is 11.0 Å². The number of halogens is 1. The number of hydrogen-bond donors (Lipinski definition) is 1. The minimum atomic E-state index is -3.90. The number of methoxy groups -OCH3 is 1. The van der Waals surface area contributed by atoms with Crippen molar-refractivity contribution in [3.05, 3.63) is 29.6 Å². The molecule has 0 aliphatic rings. The number of nitrogens with zero attached hydrogens (tertiary/aromatic N) is 2. The van der Waals surface area contributed by atoms with Gasteiger partial charge in [0.1, 0.15) is 11.9 Å². The molecule has 1 aromatic rings. The van der Waals surface area contributed by atoms with E-state index in [1.54, 1.807) is 6.07 Å². The SMILES string of the molecule is COCC(O)CN(C)S(=O)(=O)c1ccc(F)c(C#N)c1. The highest BCUT2D eigenvalue weighted by Gasteiger charge is 2.24. The maximum Gasteiger partial charge on any atom is 0.242 e. The van der Waals surface area contributed by atoms with Crippen molar-refractivity contribution >= 4 is 10.0 Å². The van der Waals surface area contributed by atoms with Gasteiger partial charge in [0, 0.05) is 20.7 Å². The molecule has 1 atom stereocenters. The maximum atomic E-state index is 13.2. The molecule has 0 aliphatic carbocycles. The average molecular weight is 302 g/mol. The van der Waals surface area contributed by atoms with Crippen molar-refractivity contribution in [1.29, 1.82) is 5.26 Å². The number of benzene rings is 1. The fraction of sp³-hybridized carbons (Fsp3) is 0.417. The summed E-state index contributed by atoms with van der Waals surface area (Å²) in [7, 11) is -1.23. The van der Waals surface area contributed by atoms with Crippen LogP contribution in [0, 0.1) is 17.1 Å². The molecule has 0 spiro atoms. The molecule has 0 amide bonds. The monoisotopic (exact) mass is 302 g/mol. The molecule has 1 N–H and O–H groups in total. The van der Waals surface area contributed by atoms with Crippen molar-refractivity contribution in [3.8, 4) is 6.07 Å². The molecule has 1 unspecified atom stereocenters. The highest BCUT2D eigenvalue weighted by Crippen LogP contribution is 2.18. The highest BCUT2D eigenvalue weighted by atomic mass is 32.2. The smallest absolute Gasteiger partial charge is 0.242 e. The Balaban J connectivity index is 3.02. The Bertz CT molecular complexity index is 612. The van der Waals surface area contributed by atoms with Crippen LogP contribution in [0.25, 0.3) is 0 Å². The zero-order valence-corrected chi connectivity index (χ0v) is 11.9. The molecule has 0 radical (unpaired) electrons. The van der Waals surface area contributed by atoms with Gasteiger partial charge in [-0.2, -0.15) is 9.57 Å². The fourth-order valence-electron chi connectivity index (χ4n) is 1.57. The van der Waals surface area contributed by atoms with Gasteiger partial charge in [0.15, 0.2) is 0 Å². The van der Waals surface area contributed by atoms with Gasteiger partial charge in [-0.25, -0.2) is 12.8 Å². The van der Waals surface area contributed by atoms with Crippen LogP contribution in [0.5, 0.6) is 0 Å². The zero-order chi connectivity index (χ0) is 15.3. The lowest BCUT2D eigenvalue weighted by atomic mass is 10.2. The van der Waals surface area contributed by atoms with E-state index in [-0.39, 0.29) is 23.6 Å². The summed E-state index contributed by atoms with van der Waals surface area (Å²) in [5.41, 5.74) is -0.350. The summed E-state index contributed by atoms with van der Waals surface area (Å²) < 4.78 is 43.2. The maximum absolute atomic E-state index is 13.2. The third kappa shape index (κ3) is 3.74. The summed E-state index contributed by atoms with van der Waals surface area (Å²) in [4.78, 5) is -0.206. The van der Waals surface area contributed by atoms with Crippen LogP contribution >= 0.6 is 0 Å². The molecule has 0 bridgehead atoms. The third-order valence-electron chi connectivity index (χ3n) is 2.59. The molecule has 1 aromatic carbocycles. The second kappa shape index (κ2) is 6.76. The quantitative estimate of drug-likeness (QED) is 0.817. The third-order valence-corrected chi connectivity index (χ3v) is 4.41. The lowest BCUT2D eigenvalue weighted by molar-refractivity contribution is 0.0554. The minimum Gasteiger partial charge on any atom is -0.389 e. The molecular formula is C12H15FN2O4S. The van der Waals surface area contributed by atoms with Crippen molar-refractivity contribution in [1.82, 2.24) is 4.31 Å². The van der Waals surface area contributed by atoms with E-state index in [0.29, 0.717) is 0 Å². The van der Waals surface area contributed by atoms with Crippen molar-refractivity contribution < 1.29 is 22.7 Å². The standard InChI is InChI=1S/C12H15FN2O4S/c1-15(7-10(16)8-19-2)20(17,18)11-3-4-12(13)9(5-11)6-14/h3-5,10,16H,7-8H2,1-2H3.